The van der Waals surface area contributed by atoms with E-state index >= 15 is 0 Å². The molecule has 21 heavy (non-hydrogen) atoms. The highest BCUT2D eigenvalue weighted by Crippen LogP contribution is 2.18. The monoisotopic (exact) mass is 280 g/mol. The van der Waals surface area contributed by atoms with Crippen molar-refractivity contribution in [3.8, 4) is 0 Å². The number of hydrogen-bond donors (Lipinski definition) is 1. The summed E-state index contributed by atoms with van der Waals surface area (Å²) in [6.45, 7) is 0. The molecule has 0 saturated heterocycles. The summed E-state index contributed by atoms with van der Waals surface area (Å²) in [6.07, 6.45) is 4.06. The maximum Gasteiger partial charge on any atom is 0.349 e. The van der Waals surface area contributed by atoms with Gasteiger partial charge in [-0.3, -0.25) is 4.98 Å². The molecular weight excluding hydrogens is 270 g/mol. The van der Waals surface area contributed by atoms with Crippen molar-refractivity contribution < 1.29 is 19.0 Å². The molecular formula is C15H10N3O3+. The van der Waals surface area contributed by atoms with Gasteiger partial charge >= 0.3 is 17.7 Å². The minimum Gasteiger partial charge on any atom is -0.265 e. The van der Waals surface area contributed by atoms with E-state index in [4.69, 9.17) is 0 Å². The van der Waals surface area contributed by atoms with Gasteiger partial charge in [-0.25, -0.2) is 19.7 Å². The first-order valence-electron chi connectivity index (χ1n) is 6.19. The molecule has 1 aliphatic heterocycles. The molecule has 0 fully saturated rings. The van der Waals surface area contributed by atoms with E-state index < -0.39 is 17.7 Å². The zero-order valence-electron chi connectivity index (χ0n) is 10.8. The van der Waals surface area contributed by atoms with Crippen molar-refractivity contribution in [3.05, 3.63) is 65.5 Å². The molecule has 1 N–H and O–H groups in total. The molecule has 1 aromatic heterocycles. The lowest BCUT2D eigenvalue weighted by molar-refractivity contribution is -0.319. The maximum absolute atomic E-state index is 12.1. The average molecular weight is 280 g/mol. The molecule has 1 aliphatic rings. The van der Waals surface area contributed by atoms with Crippen molar-refractivity contribution in [3.63, 3.8) is 0 Å². The van der Waals surface area contributed by atoms with Gasteiger partial charge in [-0.05, 0) is 24.3 Å². The molecule has 0 aliphatic carbocycles. The number of benzene rings is 1. The van der Waals surface area contributed by atoms with E-state index in [-0.39, 0.29) is 0 Å². The van der Waals surface area contributed by atoms with Crippen molar-refractivity contribution in [2.45, 2.75) is 0 Å². The molecule has 0 bridgehead atoms. The topological polar surface area (TPSA) is 79.1 Å². The summed E-state index contributed by atoms with van der Waals surface area (Å²) < 4.78 is 0.893. The minimum absolute atomic E-state index is 0.330. The van der Waals surface area contributed by atoms with Crippen molar-refractivity contribution in [1.82, 2.24) is 10.3 Å². The van der Waals surface area contributed by atoms with Gasteiger partial charge < -0.3 is 0 Å². The number of rotatable bonds is 2. The molecule has 102 valence electrons. The maximum atomic E-state index is 12.1. The second-order valence-corrected chi connectivity index (χ2v) is 4.36. The SMILES string of the molecule is O=C(NC=[N+]1C(=O)c2ccccc2C1=O)c1ccncc1. The lowest BCUT2D eigenvalue weighted by Crippen LogP contribution is -2.31. The Kier molecular flexibility index (Phi) is 3.12. The van der Waals surface area contributed by atoms with Gasteiger partial charge in [0.1, 0.15) is 0 Å². The molecule has 2 heterocycles. The van der Waals surface area contributed by atoms with Gasteiger partial charge in [0, 0.05) is 12.4 Å². The van der Waals surface area contributed by atoms with E-state index in [0.29, 0.717) is 16.7 Å². The van der Waals surface area contributed by atoms with Gasteiger partial charge in [-0.1, -0.05) is 12.1 Å². The van der Waals surface area contributed by atoms with Crippen LogP contribution < -0.4 is 5.32 Å². The molecule has 0 radical (unpaired) electrons. The highest BCUT2D eigenvalue weighted by Gasteiger charge is 2.36. The lowest BCUT2D eigenvalue weighted by atomic mass is 10.1. The van der Waals surface area contributed by atoms with E-state index in [0.717, 1.165) is 10.9 Å². The Morgan fingerprint density at radius 2 is 1.57 bits per heavy atom. The quantitative estimate of drug-likeness (QED) is 0.502. The predicted octanol–water partition coefficient (Wildman–Crippen LogP) is 0.846. The molecule has 0 saturated carbocycles. The Balaban J connectivity index is 1.84. The number of pyridine rings is 1. The molecule has 0 spiro atoms. The molecule has 6 heteroatoms. The number of hydrogen-bond acceptors (Lipinski definition) is 4. The molecule has 0 unspecified atom stereocenters. The number of carbonyl (C=O) groups is 3. The van der Waals surface area contributed by atoms with E-state index in [1.807, 2.05) is 0 Å². The van der Waals surface area contributed by atoms with E-state index in [1.54, 1.807) is 24.3 Å². The highest BCUT2D eigenvalue weighted by molar-refractivity contribution is 6.14. The van der Waals surface area contributed by atoms with E-state index in [9.17, 15) is 14.4 Å². The van der Waals surface area contributed by atoms with Gasteiger partial charge in [0.05, 0.1) is 16.7 Å². The highest BCUT2D eigenvalue weighted by atomic mass is 16.2. The summed E-state index contributed by atoms with van der Waals surface area (Å²) in [7, 11) is 0. The van der Waals surface area contributed by atoms with E-state index in [1.165, 1.54) is 24.5 Å². The third-order valence-corrected chi connectivity index (χ3v) is 3.09. The molecule has 3 amide bonds. The molecule has 1 aromatic carbocycles. The Morgan fingerprint density at radius 1 is 1.00 bits per heavy atom. The first-order chi connectivity index (χ1) is 10.2. The van der Waals surface area contributed by atoms with Gasteiger partial charge in [0.25, 0.3) is 6.34 Å². The Bertz CT molecular complexity index is 745. The Hall–Kier alpha value is -3.15. The van der Waals surface area contributed by atoms with Crippen molar-refractivity contribution in [1.29, 1.82) is 0 Å². The van der Waals surface area contributed by atoms with Crippen LogP contribution in [-0.4, -0.2) is 33.6 Å². The van der Waals surface area contributed by atoms with Crippen LogP contribution in [0, 0.1) is 0 Å². The summed E-state index contributed by atoms with van der Waals surface area (Å²) in [5.41, 5.74) is 1.05. The summed E-state index contributed by atoms with van der Waals surface area (Å²) >= 11 is 0. The van der Waals surface area contributed by atoms with Crippen LogP contribution >= 0.6 is 0 Å². The van der Waals surface area contributed by atoms with Crippen molar-refractivity contribution in [2.75, 3.05) is 0 Å². The van der Waals surface area contributed by atoms with Gasteiger partial charge in [0.2, 0.25) is 0 Å². The standard InChI is InChI=1S/C15H9N3O3/c19-13(10-5-7-16-8-6-10)17-9-18-14(20)11-3-1-2-4-12(11)15(18)21/h1-9H/p+1. The number of carbonyl (C=O) groups excluding carboxylic acids is 3. The van der Waals surface area contributed by atoms with Crippen LogP contribution in [0.5, 0.6) is 0 Å². The Morgan fingerprint density at radius 3 is 2.14 bits per heavy atom. The van der Waals surface area contributed by atoms with Crippen LogP contribution in [0.2, 0.25) is 0 Å². The molecule has 0 atom stereocenters. The fourth-order valence-corrected chi connectivity index (χ4v) is 2.03. The normalized spacial score (nSPS) is 13.0. The smallest absolute Gasteiger partial charge is 0.265 e. The van der Waals surface area contributed by atoms with Crippen LogP contribution in [0.25, 0.3) is 0 Å². The largest absolute Gasteiger partial charge is 0.349 e. The van der Waals surface area contributed by atoms with Crippen molar-refractivity contribution >= 4 is 24.1 Å². The van der Waals surface area contributed by atoms with Crippen LogP contribution in [0.3, 0.4) is 0 Å². The van der Waals surface area contributed by atoms with Crippen molar-refractivity contribution in [2.24, 2.45) is 0 Å². The number of imide groups is 1. The summed E-state index contributed by atoms with van der Waals surface area (Å²) in [5, 5.41) is 2.43. The van der Waals surface area contributed by atoms with Crippen LogP contribution in [0.4, 0.5) is 0 Å². The third kappa shape index (κ3) is 2.23. The number of nitrogens with zero attached hydrogens (tertiary/aromatic N) is 2. The number of aromatic nitrogens is 1. The second-order valence-electron chi connectivity index (χ2n) is 4.36. The van der Waals surface area contributed by atoms with Gasteiger partial charge in [-0.2, -0.15) is 0 Å². The van der Waals surface area contributed by atoms with Gasteiger partial charge in [0.15, 0.2) is 0 Å². The molecule has 2 aromatic rings. The second kappa shape index (κ2) is 5.09. The fraction of sp³-hybridized carbons (Fsp3) is 0. The van der Waals surface area contributed by atoms with Crippen LogP contribution in [-0.2, 0) is 0 Å². The zero-order valence-corrected chi connectivity index (χ0v) is 10.8. The lowest BCUT2D eigenvalue weighted by Gasteiger charge is -1.95. The minimum atomic E-state index is -0.453. The summed E-state index contributed by atoms with van der Waals surface area (Å²) in [6, 6.07) is 9.59. The van der Waals surface area contributed by atoms with Crippen LogP contribution in [0.1, 0.15) is 31.1 Å². The number of amides is 3. The zero-order chi connectivity index (χ0) is 14.8. The Labute approximate surface area is 119 Å². The molecule has 6 nitrogen and oxygen atoms in total. The van der Waals surface area contributed by atoms with Crippen LogP contribution in [0.15, 0.2) is 48.8 Å². The predicted molar refractivity (Wildman–Crippen MR) is 73.1 cm³/mol. The fourth-order valence-electron chi connectivity index (χ4n) is 2.03. The first-order valence-corrected chi connectivity index (χ1v) is 6.19. The number of fused-ring (bicyclic) bond motifs is 1. The summed E-state index contributed by atoms with van der Waals surface area (Å²) in [5.74, 6) is -1.33. The third-order valence-electron chi connectivity index (χ3n) is 3.09. The van der Waals surface area contributed by atoms with Gasteiger partial charge in [-0.15, -0.1) is 4.58 Å². The average Bonchev–Trinajstić information content (AvgIpc) is 2.78. The molecule has 3 rings (SSSR count). The number of nitrogens with one attached hydrogen (secondary N) is 1. The van der Waals surface area contributed by atoms with E-state index in [2.05, 4.69) is 10.3 Å². The summed E-state index contributed by atoms with van der Waals surface area (Å²) in [4.78, 5) is 39.8. The first kappa shape index (κ1) is 12.9.